The predicted molar refractivity (Wildman–Crippen MR) is 91.8 cm³/mol. The first-order valence-corrected chi connectivity index (χ1v) is 8.75. The predicted octanol–water partition coefficient (Wildman–Crippen LogP) is 3.96. The van der Waals surface area contributed by atoms with Gasteiger partial charge in [-0.25, -0.2) is 0 Å². The monoisotopic (exact) mass is 333 g/mol. The Balaban J connectivity index is 0. The minimum Gasteiger partial charge on any atom is -0.393 e. The van der Waals surface area contributed by atoms with Gasteiger partial charge in [0.15, 0.2) is 0 Å². The van der Waals surface area contributed by atoms with E-state index in [-0.39, 0.29) is 11.7 Å². The molecule has 0 heterocycles. The fourth-order valence-electron chi connectivity index (χ4n) is 1.55. The second-order valence-corrected chi connectivity index (χ2v) is 6.93. The van der Waals surface area contributed by atoms with E-state index in [9.17, 15) is 14.4 Å². The molecule has 0 spiro atoms. The fraction of sp³-hybridized carbons (Fsp3) is 0.812. The van der Waals surface area contributed by atoms with Gasteiger partial charge < -0.3 is 9.64 Å². The topological polar surface area (TPSA) is 63.7 Å². The highest BCUT2D eigenvalue weighted by Gasteiger charge is 2.15. The first-order chi connectivity index (χ1) is 10.1. The summed E-state index contributed by atoms with van der Waals surface area (Å²) in [5.41, 5.74) is 0. The molecule has 0 rings (SSSR count). The van der Waals surface area contributed by atoms with Gasteiger partial charge in [-0.2, -0.15) is 0 Å². The SMILES string of the molecule is CCC(=O)OC(C)=O.CCSC(=O)N(CC(C)C)CC(C)C. The molecule has 0 aliphatic rings. The van der Waals surface area contributed by atoms with Crippen molar-refractivity contribution in [1.82, 2.24) is 4.90 Å². The van der Waals surface area contributed by atoms with Crippen LogP contribution >= 0.6 is 11.8 Å². The normalized spacial score (nSPS) is 10.0. The number of esters is 2. The third kappa shape index (κ3) is 15.4. The summed E-state index contributed by atoms with van der Waals surface area (Å²) in [5.74, 6) is 0.950. The molecule has 0 N–H and O–H groups in total. The van der Waals surface area contributed by atoms with Crippen molar-refractivity contribution in [1.29, 1.82) is 0 Å². The third-order valence-electron chi connectivity index (χ3n) is 2.24. The van der Waals surface area contributed by atoms with Crippen LogP contribution in [-0.4, -0.2) is 40.9 Å². The van der Waals surface area contributed by atoms with E-state index in [4.69, 9.17) is 0 Å². The summed E-state index contributed by atoms with van der Waals surface area (Å²) < 4.78 is 4.12. The maximum Gasteiger partial charge on any atom is 0.313 e. The molecule has 6 heteroatoms. The van der Waals surface area contributed by atoms with Crippen molar-refractivity contribution in [3.63, 3.8) is 0 Å². The van der Waals surface area contributed by atoms with Crippen molar-refractivity contribution in [2.45, 2.75) is 54.9 Å². The van der Waals surface area contributed by atoms with Crippen LogP contribution in [0.4, 0.5) is 4.79 Å². The van der Waals surface area contributed by atoms with Crippen molar-refractivity contribution in [3.05, 3.63) is 0 Å². The highest BCUT2D eigenvalue weighted by Crippen LogP contribution is 2.12. The van der Waals surface area contributed by atoms with E-state index in [1.807, 2.05) is 11.8 Å². The van der Waals surface area contributed by atoms with Crippen LogP contribution in [0.2, 0.25) is 0 Å². The highest BCUT2D eigenvalue weighted by atomic mass is 32.2. The number of carbonyl (C=O) groups excluding carboxylic acids is 3. The van der Waals surface area contributed by atoms with Gasteiger partial charge in [0.25, 0.3) is 5.24 Å². The molecule has 0 atom stereocenters. The van der Waals surface area contributed by atoms with Crippen LogP contribution in [-0.2, 0) is 14.3 Å². The van der Waals surface area contributed by atoms with Crippen LogP contribution in [0.15, 0.2) is 0 Å². The van der Waals surface area contributed by atoms with E-state index in [2.05, 4.69) is 32.4 Å². The molecular weight excluding hydrogens is 302 g/mol. The number of carbonyl (C=O) groups is 3. The van der Waals surface area contributed by atoms with E-state index in [1.54, 1.807) is 6.92 Å². The van der Waals surface area contributed by atoms with Gasteiger partial charge in [0.1, 0.15) is 0 Å². The lowest BCUT2D eigenvalue weighted by Gasteiger charge is -2.25. The fourth-order valence-corrected chi connectivity index (χ4v) is 2.13. The lowest BCUT2D eigenvalue weighted by Crippen LogP contribution is -2.34. The second-order valence-electron chi connectivity index (χ2n) is 5.71. The number of thioether (sulfide) groups is 1. The average Bonchev–Trinajstić information content (AvgIpc) is 2.37. The Bertz CT molecular complexity index is 333. The molecule has 0 aliphatic heterocycles. The van der Waals surface area contributed by atoms with E-state index in [0.717, 1.165) is 18.8 Å². The lowest BCUT2D eigenvalue weighted by atomic mass is 10.1. The van der Waals surface area contributed by atoms with Crippen LogP contribution in [0.25, 0.3) is 0 Å². The van der Waals surface area contributed by atoms with Gasteiger partial charge >= 0.3 is 11.9 Å². The molecule has 0 aromatic rings. The van der Waals surface area contributed by atoms with E-state index >= 15 is 0 Å². The number of nitrogens with zero attached hydrogens (tertiary/aromatic N) is 1. The van der Waals surface area contributed by atoms with Crippen LogP contribution in [0.5, 0.6) is 0 Å². The number of hydrogen-bond acceptors (Lipinski definition) is 5. The molecule has 0 fully saturated rings. The molecule has 0 aliphatic carbocycles. The third-order valence-corrected chi connectivity index (χ3v) is 3.04. The Labute approximate surface area is 139 Å². The zero-order valence-electron chi connectivity index (χ0n) is 15.0. The summed E-state index contributed by atoms with van der Waals surface area (Å²) in [6.07, 6.45) is 0.250. The first kappa shape index (κ1) is 23.2. The highest BCUT2D eigenvalue weighted by molar-refractivity contribution is 8.13. The van der Waals surface area contributed by atoms with E-state index in [0.29, 0.717) is 11.8 Å². The van der Waals surface area contributed by atoms with Gasteiger partial charge in [-0.1, -0.05) is 53.3 Å². The zero-order valence-corrected chi connectivity index (χ0v) is 15.8. The van der Waals surface area contributed by atoms with Gasteiger partial charge in [0, 0.05) is 26.4 Å². The zero-order chi connectivity index (χ0) is 17.7. The Morgan fingerprint density at radius 3 is 1.68 bits per heavy atom. The van der Waals surface area contributed by atoms with Gasteiger partial charge in [0.2, 0.25) is 0 Å². The molecule has 5 nitrogen and oxygen atoms in total. The van der Waals surface area contributed by atoms with Crippen LogP contribution < -0.4 is 0 Å². The second kappa shape index (κ2) is 13.6. The smallest absolute Gasteiger partial charge is 0.313 e. The molecule has 130 valence electrons. The number of amides is 1. The van der Waals surface area contributed by atoms with Crippen molar-refractivity contribution < 1.29 is 19.1 Å². The van der Waals surface area contributed by atoms with Crippen LogP contribution in [0.3, 0.4) is 0 Å². The first-order valence-electron chi connectivity index (χ1n) is 7.76. The Morgan fingerprint density at radius 2 is 1.45 bits per heavy atom. The molecule has 0 unspecified atom stereocenters. The van der Waals surface area contributed by atoms with Crippen molar-refractivity contribution in [2.75, 3.05) is 18.8 Å². The lowest BCUT2D eigenvalue weighted by molar-refractivity contribution is -0.157. The van der Waals surface area contributed by atoms with Crippen LogP contribution in [0, 0.1) is 11.8 Å². The summed E-state index contributed by atoms with van der Waals surface area (Å²) >= 11 is 1.41. The quantitative estimate of drug-likeness (QED) is 0.544. The van der Waals surface area contributed by atoms with Crippen molar-refractivity contribution >= 4 is 28.9 Å². The van der Waals surface area contributed by atoms with Crippen molar-refractivity contribution in [3.8, 4) is 0 Å². The average molecular weight is 333 g/mol. The minimum absolute atomic E-state index is 0.231. The molecule has 0 saturated carbocycles. The van der Waals surface area contributed by atoms with Gasteiger partial charge in [0.05, 0.1) is 0 Å². The summed E-state index contributed by atoms with van der Waals surface area (Å²) in [7, 11) is 0. The molecule has 0 bridgehead atoms. The Hall–Kier alpha value is -1.04. The van der Waals surface area contributed by atoms with Gasteiger partial charge in [-0.3, -0.25) is 14.4 Å². The maximum atomic E-state index is 11.7. The van der Waals surface area contributed by atoms with E-state index < -0.39 is 11.9 Å². The van der Waals surface area contributed by atoms with Gasteiger partial charge in [-0.15, -0.1) is 0 Å². The molecular formula is C16H31NO4S. The molecule has 0 saturated heterocycles. The summed E-state index contributed by atoms with van der Waals surface area (Å²) in [6.45, 7) is 15.2. The summed E-state index contributed by atoms with van der Waals surface area (Å²) in [4.78, 5) is 33.8. The van der Waals surface area contributed by atoms with E-state index in [1.165, 1.54) is 18.7 Å². The Morgan fingerprint density at radius 1 is 1.00 bits per heavy atom. The number of ether oxygens (including phenoxy) is 1. The molecule has 22 heavy (non-hydrogen) atoms. The molecule has 0 radical (unpaired) electrons. The molecule has 0 aromatic heterocycles. The summed E-state index contributed by atoms with van der Waals surface area (Å²) in [5, 5.41) is 0.231. The largest absolute Gasteiger partial charge is 0.393 e. The minimum atomic E-state index is -0.545. The Kier molecular flexibility index (Phi) is 14.4. The molecule has 0 aromatic carbocycles. The molecule has 1 amide bonds. The summed E-state index contributed by atoms with van der Waals surface area (Å²) in [6, 6.07) is 0. The standard InChI is InChI=1S/C11H23NOS.C5H8O3/c1-6-14-11(13)12(7-9(2)3)8-10(4)5;1-3-5(7)8-4(2)6/h9-10H,6-8H2,1-5H3;3H2,1-2H3. The van der Waals surface area contributed by atoms with Gasteiger partial charge in [-0.05, 0) is 17.6 Å². The maximum absolute atomic E-state index is 11.7. The number of hydrogen-bond donors (Lipinski definition) is 0. The number of rotatable bonds is 6. The van der Waals surface area contributed by atoms with Crippen molar-refractivity contribution in [2.24, 2.45) is 11.8 Å². The van der Waals surface area contributed by atoms with Crippen LogP contribution in [0.1, 0.15) is 54.9 Å².